The van der Waals surface area contributed by atoms with Crippen LogP contribution in [0.1, 0.15) is 16.7 Å². The zero-order valence-corrected chi connectivity index (χ0v) is 18.1. The van der Waals surface area contributed by atoms with Gasteiger partial charge in [-0.3, -0.25) is 0 Å². The Morgan fingerprint density at radius 2 is 1.74 bits per heavy atom. The van der Waals surface area contributed by atoms with Gasteiger partial charge in [-0.05, 0) is 47.5 Å². The number of pyridine rings is 1. The second-order valence-corrected chi connectivity index (χ2v) is 8.39. The highest BCUT2D eigenvalue weighted by molar-refractivity contribution is 5.95. The third-order valence-corrected chi connectivity index (χ3v) is 6.48. The van der Waals surface area contributed by atoms with Crippen LogP contribution in [-0.4, -0.2) is 19.0 Å². The molecule has 5 nitrogen and oxygen atoms in total. The van der Waals surface area contributed by atoms with Gasteiger partial charge < -0.3 is 19.3 Å². The second-order valence-electron chi connectivity index (χ2n) is 8.39. The van der Waals surface area contributed by atoms with Gasteiger partial charge in [0.2, 0.25) is 12.5 Å². The Labute approximate surface area is 192 Å². The lowest BCUT2D eigenvalue weighted by Crippen LogP contribution is -2.41. The number of aromatic nitrogens is 1. The van der Waals surface area contributed by atoms with E-state index >= 15 is 0 Å². The molecule has 34 heavy (non-hydrogen) atoms. The fourth-order valence-electron chi connectivity index (χ4n) is 4.91. The van der Waals surface area contributed by atoms with Crippen molar-refractivity contribution in [2.24, 2.45) is 0 Å². The molecule has 0 unspecified atom stereocenters. The number of ether oxygens (including phenoxy) is 3. The summed E-state index contributed by atoms with van der Waals surface area (Å²) in [5.41, 5.74) is 3.81. The molecule has 6 rings (SSSR count). The van der Waals surface area contributed by atoms with Crippen molar-refractivity contribution in [1.82, 2.24) is 0 Å². The van der Waals surface area contributed by atoms with Crippen LogP contribution < -0.4 is 18.8 Å². The van der Waals surface area contributed by atoms with E-state index in [9.17, 15) is 18.3 Å². The van der Waals surface area contributed by atoms with Crippen LogP contribution in [-0.2, 0) is 19.4 Å². The second kappa shape index (κ2) is 7.55. The number of phenols is 1. The maximum absolute atomic E-state index is 14.0. The first-order valence-electron chi connectivity index (χ1n) is 10.8. The summed E-state index contributed by atoms with van der Waals surface area (Å²) in [5.74, 6) is -2.40. The Balaban J connectivity index is 1.64. The maximum Gasteiger partial charge on any atom is 0.231 e. The SMILES string of the molecule is COc1ccc2c(Cc3cc(F)c(F)c(F)c3)c3[n+](cc2c1O)CCc1cc2c(cc1-3)OCO2. The van der Waals surface area contributed by atoms with Gasteiger partial charge in [-0.2, -0.15) is 4.57 Å². The van der Waals surface area contributed by atoms with E-state index in [1.807, 2.05) is 29.0 Å². The van der Waals surface area contributed by atoms with E-state index in [4.69, 9.17) is 14.2 Å². The van der Waals surface area contributed by atoms with Crippen LogP contribution in [0.2, 0.25) is 0 Å². The molecule has 172 valence electrons. The highest BCUT2D eigenvalue weighted by Crippen LogP contribution is 2.43. The third-order valence-electron chi connectivity index (χ3n) is 6.48. The van der Waals surface area contributed by atoms with Crippen LogP contribution >= 0.6 is 0 Å². The lowest BCUT2D eigenvalue weighted by atomic mass is 9.88. The molecule has 0 atom stereocenters. The third kappa shape index (κ3) is 3.05. The van der Waals surface area contributed by atoms with Gasteiger partial charge in [0, 0.05) is 23.8 Å². The average molecular weight is 466 g/mol. The Morgan fingerprint density at radius 3 is 2.47 bits per heavy atom. The van der Waals surface area contributed by atoms with Crippen LogP contribution in [0, 0.1) is 17.5 Å². The molecule has 0 bridgehead atoms. The minimum Gasteiger partial charge on any atom is -0.504 e. The molecule has 1 N–H and O–H groups in total. The fraction of sp³-hybridized carbons (Fsp3) is 0.192. The first kappa shape index (κ1) is 20.7. The van der Waals surface area contributed by atoms with E-state index in [2.05, 4.69) is 0 Å². The Kier molecular flexibility index (Phi) is 4.58. The highest BCUT2D eigenvalue weighted by atomic mass is 19.2. The number of aryl methyl sites for hydroxylation is 2. The molecule has 2 aliphatic rings. The van der Waals surface area contributed by atoms with E-state index in [1.54, 1.807) is 6.07 Å². The van der Waals surface area contributed by atoms with E-state index < -0.39 is 17.5 Å². The number of aromatic hydroxyl groups is 1. The Bertz CT molecular complexity index is 1480. The minimum absolute atomic E-state index is 0.0236. The molecule has 0 fully saturated rings. The normalized spacial score (nSPS) is 13.6. The average Bonchev–Trinajstić information content (AvgIpc) is 3.29. The first-order valence-corrected chi connectivity index (χ1v) is 10.8. The monoisotopic (exact) mass is 466 g/mol. The van der Waals surface area contributed by atoms with Crippen molar-refractivity contribution in [2.45, 2.75) is 19.4 Å². The van der Waals surface area contributed by atoms with Crippen molar-refractivity contribution in [3.8, 4) is 34.3 Å². The van der Waals surface area contributed by atoms with E-state index in [-0.39, 0.29) is 24.5 Å². The lowest BCUT2D eigenvalue weighted by Gasteiger charge is -2.20. The van der Waals surface area contributed by atoms with E-state index in [0.29, 0.717) is 34.6 Å². The van der Waals surface area contributed by atoms with E-state index in [1.165, 1.54) is 7.11 Å². The summed E-state index contributed by atoms with van der Waals surface area (Å²) in [6, 6.07) is 9.32. The number of nitrogens with zero attached hydrogens (tertiary/aromatic N) is 1. The molecule has 0 radical (unpaired) electrons. The summed E-state index contributed by atoms with van der Waals surface area (Å²) in [7, 11) is 1.47. The van der Waals surface area contributed by atoms with Crippen molar-refractivity contribution in [2.75, 3.05) is 13.9 Å². The number of phenolic OH excluding ortho intramolecular Hbond substituents is 1. The van der Waals surface area contributed by atoms with Crippen LogP contribution in [0.5, 0.6) is 23.0 Å². The number of halogens is 3. The number of hydrogen-bond acceptors (Lipinski definition) is 4. The predicted molar refractivity (Wildman–Crippen MR) is 117 cm³/mol. The van der Waals surface area contributed by atoms with Crippen LogP contribution in [0.3, 0.4) is 0 Å². The summed E-state index contributed by atoms with van der Waals surface area (Å²) >= 11 is 0. The maximum atomic E-state index is 14.0. The quantitative estimate of drug-likeness (QED) is 0.348. The zero-order valence-electron chi connectivity index (χ0n) is 18.1. The molecule has 0 aliphatic carbocycles. The van der Waals surface area contributed by atoms with Gasteiger partial charge in [-0.15, -0.1) is 0 Å². The van der Waals surface area contributed by atoms with Crippen molar-refractivity contribution < 1.29 is 37.1 Å². The minimum atomic E-state index is -1.50. The molecule has 3 aromatic carbocycles. The van der Waals surface area contributed by atoms with Crippen molar-refractivity contribution in [3.05, 3.63) is 76.7 Å². The molecule has 8 heteroatoms. The van der Waals surface area contributed by atoms with E-state index in [0.717, 1.165) is 40.9 Å². The number of fused-ring (bicyclic) bond motifs is 5. The summed E-state index contributed by atoms with van der Waals surface area (Å²) in [4.78, 5) is 0. The smallest absolute Gasteiger partial charge is 0.231 e. The molecular weight excluding hydrogens is 447 g/mol. The molecule has 0 saturated heterocycles. The molecule has 1 aromatic heterocycles. The van der Waals surface area contributed by atoms with Gasteiger partial charge in [0.1, 0.15) is 0 Å². The van der Waals surface area contributed by atoms with Crippen molar-refractivity contribution >= 4 is 10.8 Å². The molecule has 0 spiro atoms. The van der Waals surface area contributed by atoms with Gasteiger partial charge >= 0.3 is 0 Å². The summed E-state index contributed by atoms with van der Waals surface area (Å²) < 4.78 is 60.1. The molecule has 3 heterocycles. The molecule has 0 amide bonds. The van der Waals surface area contributed by atoms with Crippen molar-refractivity contribution in [1.29, 1.82) is 0 Å². The summed E-state index contributed by atoms with van der Waals surface area (Å²) in [5, 5.41) is 12.1. The van der Waals surface area contributed by atoms with Crippen molar-refractivity contribution in [3.63, 3.8) is 0 Å². The Hall–Kier alpha value is -3.94. The Morgan fingerprint density at radius 1 is 1.00 bits per heavy atom. The van der Waals surface area contributed by atoms with Crippen LogP contribution in [0.25, 0.3) is 22.0 Å². The van der Waals surface area contributed by atoms with Gasteiger partial charge in [0.25, 0.3) is 0 Å². The van der Waals surface area contributed by atoms with Gasteiger partial charge in [-0.25, -0.2) is 13.2 Å². The van der Waals surface area contributed by atoms with Gasteiger partial charge in [-0.1, -0.05) is 0 Å². The largest absolute Gasteiger partial charge is 0.504 e. The number of rotatable bonds is 3. The summed E-state index contributed by atoms with van der Waals surface area (Å²) in [6.07, 6.45) is 2.69. The molecular formula is C26H19F3NO4+. The van der Waals surface area contributed by atoms with Crippen LogP contribution in [0.4, 0.5) is 13.2 Å². The standard InChI is InChI=1S/C26H18F3NO4/c1-32-21-3-2-15-17(6-13-7-19(27)24(29)20(28)8-13)25-16-10-23-22(33-12-34-23)9-14(16)4-5-30(25)11-18(15)26(21)31/h2-3,7-11H,4-6,12H2,1H3/p+1. The number of hydrogen-bond donors (Lipinski definition) is 1. The molecule has 2 aliphatic heterocycles. The fourth-order valence-corrected chi connectivity index (χ4v) is 4.91. The predicted octanol–water partition coefficient (Wildman–Crippen LogP) is 4.80. The first-order chi connectivity index (χ1) is 16.4. The lowest BCUT2D eigenvalue weighted by molar-refractivity contribution is -0.686. The zero-order chi connectivity index (χ0) is 23.6. The topological polar surface area (TPSA) is 51.8 Å². The summed E-state index contributed by atoms with van der Waals surface area (Å²) in [6.45, 7) is 0.762. The molecule has 0 saturated carbocycles. The molecule has 4 aromatic rings. The van der Waals surface area contributed by atoms with Gasteiger partial charge in [0.15, 0.2) is 53.2 Å². The number of benzene rings is 3. The number of methoxy groups -OCH3 is 1. The van der Waals surface area contributed by atoms with Crippen LogP contribution in [0.15, 0.2) is 42.6 Å². The highest BCUT2D eigenvalue weighted by Gasteiger charge is 2.32. The van der Waals surface area contributed by atoms with Gasteiger partial charge in [0.05, 0.1) is 18.1 Å².